The van der Waals surface area contributed by atoms with Gasteiger partial charge in [0.2, 0.25) is 5.91 Å². The Hall–Kier alpha value is -1.55. The summed E-state index contributed by atoms with van der Waals surface area (Å²) in [4.78, 5) is 11.5. The normalized spacial score (nSPS) is 16.4. The number of primary amides is 1. The summed E-state index contributed by atoms with van der Waals surface area (Å²) < 4.78 is 5.58. The highest BCUT2D eigenvalue weighted by Crippen LogP contribution is 2.28. The van der Waals surface area contributed by atoms with Crippen LogP contribution in [0.2, 0.25) is 0 Å². The minimum Gasteiger partial charge on any atom is -0.491 e. The molecule has 0 saturated heterocycles. The fourth-order valence-corrected chi connectivity index (χ4v) is 2.00. The summed E-state index contributed by atoms with van der Waals surface area (Å²) in [6.07, 6.45) is 2.64. The Labute approximate surface area is 114 Å². The summed E-state index contributed by atoms with van der Waals surface area (Å²) in [6.45, 7) is 4.83. The molecule has 1 aromatic rings. The molecular weight excluding hydrogens is 240 g/mol. The van der Waals surface area contributed by atoms with Crippen LogP contribution >= 0.6 is 0 Å². The maximum Gasteiger partial charge on any atom is 0.239 e. The van der Waals surface area contributed by atoms with E-state index < -0.39 is 6.04 Å². The topological polar surface area (TPSA) is 64.3 Å². The first kappa shape index (κ1) is 13.9. The molecule has 1 atom stereocenters. The number of hydrogen-bond acceptors (Lipinski definition) is 3. The fraction of sp³-hybridized carbons (Fsp3) is 0.533. The predicted octanol–water partition coefficient (Wildman–Crippen LogP) is 2.00. The molecule has 0 aromatic heterocycles. The van der Waals surface area contributed by atoms with E-state index in [1.807, 2.05) is 38.1 Å². The van der Waals surface area contributed by atoms with E-state index in [4.69, 9.17) is 10.5 Å². The summed E-state index contributed by atoms with van der Waals surface area (Å²) in [6, 6.07) is 7.14. The molecule has 104 valence electrons. The first-order chi connectivity index (χ1) is 9.06. The highest BCUT2D eigenvalue weighted by atomic mass is 16.5. The van der Waals surface area contributed by atoms with E-state index in [0.717, 1.165) is 17.9 Å². The number of rotatable bonds is 7. The van der Waals surface area contributed by atoms with Crippen LogP contribution in [-0.2, 0) is 4.79 Å². The van der Waals surface area contributed by atoms with Gasteiger partial charge in [-0.2, -0.15) is 0 Å². The van der Waals surface area contributed by atoms with Gasteiger partial charge in [-0.15, -0.1) is 0 Å². The Balaban J connectivity index is 2.01. The average molecular weight is 262 g/mol. The maximum absolute atomic E-state index is 11.5. The van der Waals surface area contributed by atoms with Gasteiger partial charge in [0, 0.05) is 0 Å². The van der Waals surface area contributed by atoms with E-state index in [2.05, 4.69) is 5.32 Å². The third kappa shape index (κ3) is 4.24. The van der Waals surface area contributed by atoms with Crippen LogP contribution in [0.25, 0.3) is 0 Å². The van der Waals surface area contributed by atoms with Gasteiger partial charge in [0.15, 0.2) is 0 Å². The lowest BCUT2D eigenvalue weighted by atomic mass is 10.1. The van der Waals surface area contributed by atoms with Gasteiger partial charge in [-0.05, 0) is 56.8 Å². The van der Waals surface area contributed by atoms with E-state index in [9.17, 15) is 4.79 Å². The zero-order valence-electron chi connectivity index (χ0n) is 11.6. The molecule has 1 aliphatic carbocycles. The molecule has 4 heteroatoms. The zero-order valence-corrected chi connectivity index (χ0v) is 11.6. The number of benzene rings is 1. The van der Waals surface area contributed by atoms with Crippen LogP contribution in [-0.4, -0.2) is 18.6 Å². The number of hydrogen-bond donors (Lipinski definition) is 2. The van der Waals surface area contributed by atoms with E-state index >= 15 is 0 Å². The molecule has 0 aliphatic heterocycles. The molecule has 4 nitrogen and oxygen atoms in total. The lowest BCUT2D eigenvalue weighted by Crippen LogP contribution is -2.34. The molecule has 0 spiro atoms. The summed E-state index contributed by atoms with van der Waals surface area (Å²) >= 11 is 0. The van der Waals surface area contributed by atoms with Crippen LogP contribution < -0.4 is 15.8 Å². The molecule has 19 heavy (non-hydrogen) atoms. The monoisotopic (exact) mass is 262 g/mol. The maximum atomic E-state index is 11.5. The number of carbonyl (C=O) groups is 1. The van der Waals surface area contributed by atoms with E-state index in [0.29, 0.717) is 5.92 Å². The van der Waals surface area contributed by atoms with Crippen molar-refractivity contribution in [2.45, 2.75) is 38.8 Å². The Kier molecular flexibility index (Phi) is 4.43. The molecule has 0 bridgehead atoms. The van der Waals surface area contributed by atoms with Crippen LogP contribution in [0.3, 0.4) is 0 Å². The third-order valence-corrected chi connectivity index (χ3v) is 3.18. The first-order valence-electron chi connectivity index (χ1n) is 6.85. The second-order valence-corrected chi connectivity index (χ2v) is 5.42. The molecule has 3 N–H and O–H groups in total. The molecule has 1 aliphatic rings. The molecule has 0 radical (unpaired) electrons. The lowest BCUT2D eigenvalue weighted by molar-refractivity contribution is -0.120. The van der Waals surface area contributed by atoms with Crippen LogP contribution in [0.1, 0.15) is 38.3 Å². The van der Waals surface area contributed by atoms with Crippen molar-refractivity contribution < 1.29 is 9.53 Å². The standard InChI is InChI=1S/C15H22N2O2/c1-10(2)19-13-7-5-12(6-8-13)14(15(16)18)17-9-11-3-4-11/h5-8,10-11,14,17H,3-4,9H2,1-2H3,(H2,16,18). The second-order valence-electron chi connectivity index (χ2n) is 5.42. The van der Waals surface area contributed by atoms with Gasteiger partial charge in [0.25, 0.3) is 0 Å². The van der Waals surface area contributed by atoms with E-state index in [1.54, 1.807) is 0 Å². The number of ether oxygens (including phenoxy) is 1. The highest BCUT2D eigenvalue weighted by Gasteiger charge is 2.24. The number of nitrogens with two attached hydrogens (primary N) is 1. The van der Waals surface area contributed by atoms with Gasteiger partial charge in [0.05, 0.1) is 6.10 Å². The summed E-state index contributed by atoms with van der Waals surface area (Å²) in [5, 5.41) is 3.24. The largest absolute Gasteiger partial charge is 0.491 e. The van der Waals surface area contributed by atoms with E-state index in [-0.39, 0.29) is 12.0 Å². The van der Waals surface area contributed by atoms with Gasteiger partial charge in [-0.1, -0.05) is 12.1 Å². The first-order valence-corrected chi connectivity index (χ1v) is 6.85. The van der Waals surface area contributed by atoms with Gasteiger partial charge in [0.1, 0.15) is 11.8 Å². The SMILES string of the molecule is CC(C)Oc1ccc(C(NCC2CC2)C(N)=O)cc1. The van der Waals surface area contributed by atoms with Crippen molar-refractivity contribution in [3.63, 3.8) is 0 Å². The second kappa shape index (κ2) is 6.06. The van der Waals surface area contributed by atoms with Gasteiger partial charge >= 0.3 is 0 Å². The average Bonchev–Trinajstić information content (AvgIpc) is 3.14. The summed E-state index contributed by atoms with van der Waals surface area (Å²) in [5.74, 6) is 1.19. The van der Waals surface area contributed by atoms with Crippen LogP contribution in [0, 0.1) is 5.92 Å². The molecule has 0 heterocycles. The van der Waals surface area contributed by atoms with Crippen molar-refractivity contribution in [2.75, 3.05) is 6.54 Å². The van der Waals surface area contributed by atoms with Gasteiger partial charge < -0.3 is 15.8 Å². The minimum atomic E-state index is -0.409. The Morgan fingerprint density at radius 1 is 1.37 bits per heavy atom. The molecule has 1 amide bonds. The molecule has 2 rings (SSSR count). The highest BCUT2D eigenvalue weighted by molar-refractivity contribution is 5.81. The third-order valence-electron chi connectivity index (χ3n) is 3.18. The van der Waals surface area contributed by atoms with Crippen molar-refractivity contribution >= 4 is 5.91 Å². The van der Waals surface area contributed by atoms with Crippen molar-refractivity contribution in [3.8, 4) is 5.75 Å². The lowest BCUT2D eigenvalue weighted by Gasteiger charge is -2.16. The van der Waals surface area contributed by atoms with Crippen LogP contribution in [0.4, 0.5) is 0 Å². The fourth-order valence-electron chi connectivity index (χ4n) is 2.00. The van der Waals surface area contributed by atoms with Crippen molar-refractivity contribution in [2.24, 2.45) is 11.7 Å². The van der Waals surface area contributed by atoms with Gasteiger partial charge in [-0.3, -0.25) is 4.79 Å². The number of carbonyl (C=O) groups excluding carboxylic acids is 1. The Morgan fingerprint density at radius 2 is 2.00 bits per heavy atom. The molecular formula is C15H22N2O2. The van der Waals surface area contributed by atoms with E-state index in [1.165, 1.54) is 12.8 Å². The van der Waals surface area contributed by atoms with Crippen LogP contribution in [0.15, 0.2) is 24.3 Å². The Bertz CT molecular complexity index is 424. The molecule has 1 fully saturated rings. The van der Waals surface area contributed by atoms with Crippen LogP contribution in [0.5, 0.6) is 5.75 Å². The minimum absolute atomic E-state index is 0.144. The summed E-state index contributed by atoms with van der Waals surface area (Å²) in [5.41, 5.74) is 6.35. The Morgan fingerprint density at radius 3 is 2.47 bits per heavy atom. The quantitative estimate of drug-likeness (QED) is 0.790. The zero-order chi connectivity index (χ0) is 13.8. The molecule has 1 unspecified atom stereocenters. The summed E-state index contributed by atoms with van der Waals surface area (Å²) in [7, 11) is 0. The predicted molar refractivity (Wildman–Crippen MR) is 74.9 cm³/mol. The molecule has 1 saturated carbocycles. The number of nitrogens with one attached hydrogen (secondary N) is 1. The number of amides is 1. The van der Waals surface area contributed by atoms with Crippen molar-refractivity contribution in [1.29, 1.82) is 0 Å². The van der Waals surface area contributed by atoms with Gasteiger partial charge in [-0.25, -0.2) is 0 Å². The van der Waals surface area contributed by atoms with Crippen molar-refractivity contribution in [3.05, 3.63) is 29.8 Å². The van der Waals surface area contributed by atoms with Crippen molar-refractivity contribution in [1.82, 2.24) is 5.32 Å². The smallest absolute Gasteiger partial charge is 0.239 e. The molecule has 1 aromatic carbocycles.